The Labute approximate surface area is 173 Å². The molecule has 156 valence electrons. The van der Waals surface area contributed by atoms with E-state index in [1.165, 1.54) is 0 Å². The number of rotatable bonds is 11. The van der Waals surface area contributed by atoms with Crippen LogP contribution >= 0.6 is 0 Å². The highest BCUT2D eigenvalue weighted by Crippen LogP contribution is 2.17. The van der Waals surface area contributed by atoms with Crippen LogP contribution in [0, 0.1) is 6.92 Å². The summed E-state index contributed by atoms with van der Waals surface area (Å²) in [6.45, 7) is 3.71. The third kappa shape index (κ3) is 8.35. The smallest absolute Gasteiger partial charge is 0.326 e. The van der Waals surface area contributed by atoms with Gasteiger partial charge in [-0.05, 0) is 62.6 Å². The third-order valence-electron chi connectivity index (χ3n) is 4.57. The number of hydrogen-bond acceptors (Lipinski definition) is 3. The van der Waals surface area contributed by atoms with Crippen LogP contribution in [-0.4, -0.2) is 31.6 Å². The molecule has 2 aromatic carbocycles. The highest BCUT2D eigenvalue weighted by atomic mass is 16.2. The summed E-state index contributed by atoms with van der Waals surface area (Å²) in [6.07, 6.45) is 3.99. The van der Waals surface area contributed by atoms with E-state index in [9.17, 15) is 9.59 Å². The quantitative estimate of drug-likeness (QED) is 0.501. The SMILES string of the molecule is Cc1cccc(NC(=O)N(CCCNC(=O)CCCCCN)c2ccccc2)c1. The van der Waals surface area contributed by atoms with Gasteiger partial charge in [0.2, 0.25) is 5.91 Å². The number of anilines is 2. The van der Waals surface area contributed by atoms with Crippen molar-refractivity contribution >= 4 is 23.3 Å². The number of amides is 3. The summed E-state index contributed by atoms with van der Waals surface area (Å²) in [5, 5.41) is 5.89. The summed E-state index contributed by atoms with van der Waals surface area (Å²) in [5.74, 6) is 0.0532. The Morgan fingerprint density at radius 1 is 0.966 bits per heavy atom. The molecule has 0 unspecified atom stereocenters. The second-order valence-electron chi connectivity index (χ2n) is 7.09. The van der Waals surface area contributed by atoms with Crippen molar-refractivity contribution in [2.24, 2.45) is 5.73 Å². The molecule has 0 bridgehead atoms. The second kappa shape index (κ2) is 12.6. The van der Waals surface area contributed by atoms with Gasteiger partial charge in [0.05, 0.1) is 0 Å². The average molecular weight is 397 g/mol. The molecule has 2 rings (SSSR count). The van der Waals surface area contributed by atoms with Gasteiger partial charge in [-0.2, -0.15) is 0 Å². The van der Waals surface area contributed by atoms with E-state index in [0.717, 1.165) is 36.2 Å². The van der Waals surface area contributed by atoms with Crippen molar-refractivity contribution < 1.29 is 9.59 Å². The van der Waals surface area contributed by atoms with E-state index in [1.54, 1.807) is 4.90 Å². The molecule has 4 N–H and O–H groups in total. The fraction of sp³-hybridized carbons (Fsp3) is 0.391. The highest BCUT2D eigenvalue weighted by Gasteiger charge is 2.15. The number of unbranched alkanes of at least 4 members (excludes halogenated alkanes) is 2. The van der Waals surface area contributed by atoms with Gasteiger partial charge in [0.15, 0.2) is 0 Å². The summed E-state index contributed by atoms with van der Waals surface area (Å²) in [5.41, 5.74) is 8.14. The van der Waals surface area contributed by atoms with Crippen molar-refractivity contribution in [1.29, 1.82) is 0 Å². The van der Waals surface area contributed by atoms with Crippen LogP contribution in [0.15, 0.2) is 54.6 Å². The van der Waals surface area contributed by atoms with Gasteiger partial charge in [0, 0.05) is 30.9 Å². The van der Waals surface area contributed by atoms with Crippen molar-refractivity contribution in [2.75, 3.05) is 29.9 Å². The first kappa shape index (κ1) is 22.4. The van der Waals surface area contributed by atoms with Crippen molar-refractivity contribution in [3.05, 3.63) is 60.2 Å². The Bertz CT molecular complexity index is 764. The van der Waals surface area contributed by atoms with Crippen molar-refractivity contribution in [1.82, 2.24) is 5.32 Å². The number of carbonyl (C=O) groups is 2. The van der Waals surface area contributed by atoms with Gasteiger partial charge >= 0.3 is 6.03 Å². The first-order valence-electron chi connectivity index (χ1n) is 10.3. The maximum atomic E-state index is 12.9. The average Bonchev–Trinajstić information content (AvgIpc) is 2.72. The van der Waals surface area contributed by atoms with Gasteiger partial charge in [-0.1, -0.05) is 36.8 Å². The van der Waals surface area contributed by atoms with E-state index >= 15 is 0 Å². The zero-order valence-electron chi connectivity index (χ0n) is 17.2. The molecule has 0 fully saturated rings. The van der Waals surface area contributed by atoms with E-state index in [0.29, 0.717) is 32.5 Å². The summed E-state index contributed by atoms with van der Waals surface area (Å²) in [7, 11) is 0. The van der Waals surface area contributed by atoms with Gasteiger partial charge in [0.1, 0.15) is 0 Å². The van der Waals surface area contributed by atoms with Gasteiger partial charge < -0.3 is 16.4 Å². The number of hydrogen-bond donors (Lipinski definition) is 3. The summed E-state index contributed by atoms with van der Waals surface area (Å²) < 4.78 is 0. The molecule has 0 radical (unpaired) electrons. The van der Waals surface area contributed by atoms with Gasteiger partial charge in [-0.25, -0.2) is 4.79 Å². The van der Waals surface area contributed by atoms with Gasteiger partial charge in [-0.3, -0.25) is 9.69 Å². The molecule has 0 saturated heterocycles. The highest BCUT2D eigenvalue weighted by molar-refractivity contribution is 6.01. The molecule has 0 saturated carbocycles. The largest absolute Gasteiger partial charge is 0.356 e. The lowest BCUT2D eigenvalue weighted by molar-refractivity contribution is -0.121. The fourth-order valence-electron chi connectivity index (χ4n) is 3.03. The van der Waals surface area contributed by atoms with Crippen LogP contribution in [0.1, 0.15) is 37.7 Å². The molecule has 2 aromatic rings. The number of urea groups is 1. The van der Waals surface area contributed by atoms with Crippen LogP contribution in [0.25, 0.3) is 0 Å². The Hall–Kier alpha value is -2.86. The van der Waals surface area contributed by atoms with Crippen LogP contribution in [0.5, 0.6) is 0 Å². The summed E-state index contributed by atoms with van der Waals surface area (Å²) in [6, 6.07) is 17.1. The standard InChI is InChI=1S/C23H32N4O2/c1-19-10-8-11-20(18-19)26-23(29)27(21-12-4-2-5-13-21)17-9-16-25-22(28)14-6-3-7-15-24/h2,4-5,8,10-13,18H,3,6-7,9,14-17,24H2,1H3,(H,25,28)(H,26,29). The van der Waals surface area contributed by atoms with Crippen molar-refractivity contribution in [3.8, 4) is 0 Å². The van der Waals surface area contributed by atoms with Crippen LogP contribution < -0.4 is 21.3 Å². The Balaban J connectivity index is 1.87. The maximum Gasteiger partial charge on any atom is 0.326 e. The molecule has 3 amide bonds. The summed E-state index contributed by atoms with van der Waals surface area (Å²) >= 11 is 0. The first-order chi connectivity index (χ1) is 14.1. The molecule has 0 heterocycles. The lowest BCUT2D eigenvalue weighted by Gasteiger charge is -2.23. The van der Waals surface area contributed by atoms with Crippen LogP contribution in [0.4, 0.5) is 16.2 Å². The number of nitrogens with zero attached hydrogens (tertiary/aromatic N) is 1. The number of nitrogens with one attached hydrogen (secondary N) is 2. The van der Waals surface area contributed by atoms with E-state index in [2.05, 4.69) is 10.6 Å². The number of aryl methyl sites for hydroxylation is 1. The number of benzene rings is 2. The Morgan fingerprint density at radius 2 is 1.76 bits per heavy atom. The van der Waals surface area contributed by atoms with E-state index in [4.69, 9.17) is 5.73 Å². The normalized spacial score (nSPS) is 10.4. The van der Waals surface area contributed by atoms with Crippen LogP contribution in [0.3, 0.4) is 0 Å². The number of carbonyl (C=O) groups excluding carboxylic acids is 2. The minimum atomic E-state index is -0.185. The number of nitrogens with two attached hydrogens (primary N) is 1. The zero-order valence-corrected chi connectivity index (χ0v) is 17.2. The van der Waals surface area contributed by atoms with E-state index < -0.39 is 0 Å². The van der Waals surface area contributed by atoms with E-state index in [1.807, 2.05) is 61.5 Å². The Morgan fingerprint density at radius 3 is 2.48 bits per heavy atom. The van der Waals surface area contributed by atoms with Crippen molar-refractivity contribution in [2.45, 2.75) is 39.0 Å². The first-order valence-corrected chi connectivity index (χ1v) is 10.3. The predicted molar refractivity (Wildman–Crippen MR) is 119 cm³/mol. The third-order valence-corrected chi connectivity index (χ3v) is 4.57. The predicted octanol–water partition coefficient (Wildman–Crippen LogP) is 4.06. The second-order valence-corrected chi connectivity index (χ2v) is 7.09. The Kier molecular flexibility index (Phi) is 9.72. The number of para-hydroxylation sites is 1. The van der Waals surface area contributed by atoms with Gasteiger partial charge in [-0.15, -0.1) is 0 Å². The molecule has 0 aliphatic carbocycles. The fourth-order valence-corrected chi connectivity index (χ4v) is 3.03. The monoisotopic (exact) mass is 396 g/mol. The zero-order chi connectivity index (χ0) is 20.9. The lowest BCUT2D eigenvalue weighted by Crippen LogP contribution is -2.37. The van der Waals surface area contributed by atoms with Gasteiger partial charge in [0.25, 0.3) is 0 Å². The molecule has 0 aliphatic rings. The molecule has 29 heavy (non-hydrogen) atoms. The molecule has 0 spiro atoms. The molecule has 0 aliphatic heterocycles. The summed E-state index contributed by atoms with van der Waals surface area (Å²) in [4.78, 5) is 26.5. The van der Waals surface area contributed by atoms with Crippen LogP contribution in [0.2, 0.25) is 0 Å². The maximum absolute atomic E-state index is 12.9. The molecule has 0 atom stereocenters. The molecular formula is C23H32N4O2. The van der Waals surface area contributed by atoms with Crippen molar-refractivity contribution in [3.63, 3.8) is 0 Å². The molecule has 0 aromatic heterocycles. The van der Waals surface area contributed by atoms with Crippen LogP contribution in [-0.2, 0) is 4.79 Å². The molecule has 6 nitrogen and oxygen atoms in total. The molecular weight excluding hydrogens is 364 g/mol. The minimum Gasteiger partial charge on any atom is -0.356 e. The minimum absolute atomic E-state index is 0.0532. The topological polar surface area (TPSA) is 87.5 Å². The lowest BCUT2D eigenvalue weighted by atomic mass is 10.2. The molecule has 6 heteroatoms. The van der Waals surface area contributed by atoms with E-state index in [-0.39, 0.29) is 11.9 Å².